The van der Waals surface area contributed by atoms with Crippen molar-refractivity contribution in [1.29, 1.82) is 0 Å². The molecule has 35 heavy (non-hydrogen) atoms. The summed E-state index contributed by atoms with van der Waals surface area (Å²) < 4.78 is 30.3. The number of nitrogen functional groups attached to an aromatic ring is 1. The third-order valence-electron chi connectivity index (χ3n) is 5.25. The molecule has 0 saturated heterocycles. The van der Waals surface area contributed by atoms with Crippen LogP contribution in [0.3, 0.4) is 0 Å². The fourth-order valence-electron chi connectivity index (χ4n) is 3.77. The Morgan fingerprint density at radius 1 is 0.971 bits per heavy atom. The maximum absolute atomic E-state index is 13.5. The van der Waals surface area contributed by atoms with E-state index in [0.29, 0.717) is 38.9 Å². The summed E-state index contributed by atoms with van der Waals surface area (Å²) in [5.41, 5.74) is 8.92. The van der Waals surface area contributed by atoms with E-state index in [1.165, 1.54) is 24.3 Å². The first-order chi connectivity index (χ1) is 16.6. The molecule has 0 spiro atoms. The van der Waals surface area contributed by atoms with Crippen molar-refractivity contribution in [2.45, 2.75) is 33.3 Å². The van der Waals surface area contributed by atoms with E-state index >= 15 is 0 Å². The third-order valence-corrected chi connectivity index (χ3v) is 5.25. The summed E-state index contributed by atoms with van der Waals surface area (Å²) in [5.74, 6) is -1.16. The number of esters is 2. The molecule has 4 aromatic rings. The highest BCUT2D eigenvalue weighted by molar-refractivity contribution is 6.10. The molecule has 0 aliphatic rings. The second-order valence-corrected chi connectivity index (χ2v) is 9.05. The molecule has 1 aromatic heterocycles. The van der Waals surface area contributed by atoms with Gasteiger partial charge in [0.05, 0.1) is 12.2 Å². The molecule has 6 nitrogen and oxygen atoms in total. The van der Waals surface area contributed by atoms with E-state index in [2.05, 4.69) is 0 Å². The molecule has 0 unspecified atom stereocenters. The molecule has 0 fully saturated rings. The monoisotopic (exact) mass is 475 g/mol. The van der Waals surface area contributed by atoms with E-state index in [1.54, 1.807) is 58.0 Å². The van der Waals surface area contributed by atoms with Gasteiger partial charge in [-0.1, -0.05) is 12.1 Å². The summed E-state index contributed by atoms with van der Waals surface area (Å²) in [6, 6.07) is 15.9. The topological polar surface area (TPSA) is 91.8 Å². The Kier molecular flexibility index (Phi) is 6.35. The van der Waals surface area contributed by atoms with Crippen molar-refractivity contribution in [3.8, 4) is 22.5 Å². The SMILES string of the molecule is CCOC(=O)c1c(-c2ccc(F)cc2)oc2cc(N)c(-c3cccc(C(=O)OC(C)(C)C)c3)cc12. The number of carbonyl (C=O) groups excluding carboxylic acids is 2. The van der Waals surface area contributed by atoms with Crippen LogP contribution in [-0.4, -0.2) is 24.1 Å². The van der Waals surface area contributed by atoms with Gasteiger partial charge in [0.25, 0.3) is 0 Å². The van der Waals surface area contributed by atoms with Crippen molar-refractivity contribution in [3.63, 3.8) is 0 Å². The molecule has 0 radical (unpaired) electrons. The minimum Gasteiger partial charge on any atom is -0.462 e. The Labute approximate surface area is 202 Å². The first-order valence-electron chi connectivity index (χ1n) is 11.2. The highest BCUT2D eigenvalue weighted by atomic mass is 19.1. The standard InChI is InChI=1S/C28H26FNO5/c1-5-33-27(32)24-21-14-20(17-7-6-8-18(13-17)26(31)35-28(2,3)4)22(30)15-23(21)34-25(24)16-9-11-19(29)12-10-16/h6-15H,5,30H2,1-4H3. The van der Waals surface area contributed by atoms with E-state index in [1.807, 2.05) is 6.07 Å². The Hall–Kier alpha value is -4.13. The van der Waals surface area contributed by atoms with Gasteiger partial charge in [0.2, 0.25) is 0 Å². The zero-order valence-corrected chi connectivity index (χ0v) is 20.0. The van der Waals surface area contributed by atoms with Crippen LogP contribution in [-0.2, 0) is 9.47 Å². The lowest BCUT2D eigenvalue weighted by atomic mass is 9.98. The number of anilines is 1. The van der Waals surface area contributed by atoms with Crippen molar-refractivity contribution in [2.75, 3.05) is 12.3 Å². The van der Waals surface area contributed by atoms with Gasteiger partial charge >= 0.3 is 11.9 Å². The van der Waals surface area contributed by atoms with Crippen LogP contribution in [0.15, 0.2) is 65.1 Å². The first-order valence-corrected chi connectivity index (χ1v) is 11.2. The Morgan fingerprint density at radius 3 is 2.34 bits per heavy atom. The van der Waals surface area contributed by atoms with Gasteiger partial charge in [0.1, 0.15) is 28.3 Å². The number of rotatable bonds is 5. The zero-order chi connectivity index (χ0) is 25.3. The van der Waals surface area contributed by atoms with Crippen molar-refractivity contribution in [3.05, 3.63) is 77.6 Å². The highest BCUT2D eigenvalue weighted by Crippen LogP contribution is 2.39. The predicted octanol–water partition coefficient (Wildman–Crippen LogP) is 6.62. The summed E-state index contributed by atoms with van der Waals surface area (Å²) in [6.07, 6.45) is 0. The normalized spacial score (nSPS) is 11.5. The van der Waals surface area contributed by atoms with Gasteiger partial charge in [-0.15, -0.1) is 0 Å². The smallest absolute Gasteiger partial charge is 0.342 e. The number of halogens is 1. The molecular weight excluding hydrogens is 449 g/mol. The van der Waals surface area contributed by atoms with Gasteiger partial charge in [-0.25, -0.2) is 14.0 Å². The van der Waals surface area contributed by atoms with Gasteiger partial charge in [-0.2, -0.15) is 0 Å². The van der Waals surface area contributed by atoms with E-state index in [0.717, 1.165) is 0 Å². The van der Waals surface area contributed by atoms with Crippen LogP contribution in [0.2, 0.25) is 0 Å². The predicted molar refractivity (Wildman–Crippen MR) is 133 cm³/mol. The second kappa shape index (κ2) is 9.25. The molecule has 0 bridgehead atoms. The van der Waals surface area contributed by atoms with Gasteiger partial charge in [-0.3, -0.25) is 0 Å². The van der Waals surface area contributed by atoms with Crippen molar-refractivity contribution < 1.29 is 27.9 Å². The molecule has 0 atom stereocenters. The lowest BCUT2D eigenvalue weighted by Crippen LogP contribution is -2.23. The zero-order valence-electron chi connectivity index (χ0n) is 20.0. The van der Waals surface area contributed by atoms with Crippen LogP contribution in [0.25, 0.3) is 33.4 Å². The van der Waals surface area contributed by atoms with Crippen LogP contribution in [0, 0.1) is 5.82 Å². The molecule has 0 aliphatic heterocycles. The number of carbonyl (C=O) groups is 2. The minimum absolute atomic E-state index is 0.175. The largest absolute Gasteiger partial charge is 0.462 e. The van der Waals surface area contributed by atoms with Crippen molar-refractivity contribution in [2.24, 2.45) is 0 Å². The fourth-order valence-corrected chi connectivity index (χ4v) is 3.77. The molecule has 3 aromatic carbocycles. The number of benzene rings is 3. The summed E-state index contributed by atoms with van der Waals surface area (Å²) >= 11 is 0. The Bertz CT molecular complexity index is 1410. The molecule has 4 rings (SSSR count). The summed E-state index contributed by atoms with van der Waals surface area (Å²) in [4.78, 5) is 25.5. The van der Waals surface area contributed by atoms with E-state index in [9.17, 15) is 14.0 Å². The second-order valence-electron chi connectivity index (χ2n) is 9.05. The molecular formula is C28H26FNO5. The summed E-state index contributed by atoms with van der Waals surface area (Å²) in [6.45, 7) is 7.29. The van der Waals surface area contributed by atoms with Crippen LogP contribution >= 0.6 is 0 Å². The number of hydrogen-bond acceptors (Lipinski definition) is 6. The maximum atomic E-state index is 13.5. The van der Waals surface area contributed by atoms with E-state index in [4.69, 9.17) is 19.6 Å². The molecule has 1 heterocycles. The van der Waals surface area contributed by atoms with Crippen LogP contribution in [0.4, 0.5) is 10.1 Å². The third kappa shape index (κ3) is 5.04. The average Bonchev–Trinajstić information content (AvgIpc) is 3.16. The molecule has 0 amide bonds. The van der Waals surface area contributed by atoms with Crippen molar-refractivity contribution in [1.82, 2.24) is 0 Å². The molecule has 7 heteroatoms. The van der Waals surface area contributed by atoms with Crippen LogP contribution < -0.4 is 5.73 Å². The lowest BCUT2D eigenvalue weighted by Gasteiger charge is -2.19. The number of nitrogens with two attached hydrogens (primary N) is 1. The molecule has 180 valence electrons. The van der Waals surface area contributed by atoms with E-state index < -0.39 is 23.4 Å². The number of fused-ring (bicyclic) bond motifs is 1. The Morgan fingerprint density at radius 2 is 1.69 bits per heavy atom. The average molecular weight is 476 g/mol. The molecule has 0 saturated carbocycles. The number of ether oxygens (including phenoxy) is 2. The van der Waals surface area contributed by atoms with E-state index in [-0.39, 0.29) is 17.9 Å². The van der Waals surface area contributed by atoms with Gasteiger partial charge < -0.3 is 19.6 Å². The summed E-state index contributed by atoms with van der Waals surface area (Å²) in [5, 5.41) is 0.495. The first kappa shape index (κ1) is 24.0. The van der Waals surface area contributed by atoms with Crippen LogP contribution in [0.5, 0.6) is 0 Å². The molecule has 0 aliphatic carbocycles. The summed E-state index contributed by atoms with van der Waals surface area (Å²) in [7, 11) is 0. The minimum atomic E-state index is -0.632. The number of furan rings is 1. The fraction of sp³-hybridized carbons (Fsp3) is 0.214. The van der Waals surface area contributed by atoms with Gasteiger partial charge in [-0.05, 0) is 75.7 Å². The maximum Gasteiger partial charge on any atom is 0.342 e. The molecule has 2 N–H and O–H groups in total. The van der Waals surface area contributed by atoms with Crippen LogP contribution in [0.1, 0.15) is 48.4 Å². The van der Waals surface area contributed by atoms with Gasteiger partial charge in [0, 0.05) is 28.3 Å². The number of hydrogen-bond donors (Lipinski definition) is 1. The highest BCUT2D eigenvalue weighted by Gasteiger charge is 2.25. The quantitative estimate of drug-likeness (QED) is 0.258. The van der Waals surface area contributed by atoms with Crippen molar-refractivity contribution >= 4 is 28.6 Å². The lowest BCUT2D eigenvalue weighted by molar-refractivity contribution is 0.00693. The Balaban J connectivity index is 1.87. The van der Waals surface area contributed by atoms with Gasteiger partial charge in [0.15, 0.2) is 0 Å².